The van der Waals surface area contributed by atoms with E-state index in [4.69, 9.17) is 5.11 Å². The molecule has 1 N–H and O–H groups in total. The number of hydrogen-bond acceptors (Lipinski definition) is 3. The Morgan fingerprint density at radius 1 is 1.62 bits per heavy atom. The summed E-state index contributed by atoms with van der Waals surface area (Å²) < 4.78 is 0. The smallest absolute Gasteiger partial charge is 0.346 e. The average molecular weight is 239 g/mol. The molecule has 0 atom stereocenters. The van der Waals surface area contributed by atoms with E-state index in [1.54, 1.807) is 0 Å². The van der Waals surface area contributed by atoms with Crippen molar-refractivity contribution >= 4 is 17.3 Å². The molecule has 0 unspecified atom stereocenters. The van der Waals surface area contributed by atoms with Gasteiger partial charge in [-0.25, -0.2) is 4.79 Å². The van der Waals surface area contributed by atoms with E-state index in [-0.39, 0.29) is 0 Å². The van der Waals surface area contributed by atoms with Gasteiger partial charge < -0.3 is 5.11 Å². The molecule has 0 amide bonds. The van der Waals surface area contributed by atoms with Crippen LogP contribution < -0.4 is 0 Å². The lowest BCUT2D eigenvalue weighted by molar-refractivity contribution is 0.0700. The van der Waals surface area contributed by atoms with E-state index >= 15 is 0 Å². The molecule has 88 valence electrons. The van der Waals surface area contributed by atoms with Crippen LogP contribution in [0.2, 0.25) is 0 Å². The summed E-state index contributed by atoms with van der Waals surface area (Å²) in [6, 6.07) is 2.64. The molecule has 2 rings (SSSR count). The Bertz CT molecular complexity index is 371. The average Bonchev–Trinajstić information content (AvgIpc) is 2.98. The fraction of sp³-hybridized carbons (Fsp3) is 0.583. The van der Waals surface area contributed by atoms with Gasteiger partial charge in [0.25, 0.3) is 0 Å². The molecule has 1 heterocycles. The monoisotopic (exact) mass is 239 g/mol. The van der Waals surface area contributed by atoms with Gasteiger partial charge in [-0.3, -0.25) is 4.90 Å². The highest BCUT2D eigenvalue weighted by molar-refractivity contribution is 7.12. The number of nitrogens with zero attached hydrogens (tertiary/aromatic N) is 1. The van der Waals surface area contributed by atoms with Crippen molar-refractivity contribution in [2.45, 2.75) is 38.8 Å². The van der Waals surface area contributed by atoms with Crippen LogP contribution in [0.15, 0.2) is 11.4 Å². The van der Waals surface area contributed by atoms with E-state index in [0.717, 1.165) is 25.1 Å². The number of aromatic carboxylic acids is 1. The van der Waals surface area contributed by atoms with Gasteiger partial charge in [0.2, 0.25) is 0 Å². The quantitative estimate of drug-likeness (QED) is 0.830. The van der Waals surface area contributed by atoms with E-state index in [1.165, 1.54) is 24.2 Å². The molecule has 0 saturated heterocycles. The van der Waals surface area contributed by atoms with Gasteiger partial charge in [0.1, 0.15) is 4.88 Å². The number of rotatable bonds is 6. The van der Waals surface area contributed by atoms with E-state index in [0.29, 0.717) is 10.9 Å². The lowest BCUT2D eigenvalue weighted by Crippen LogP contribution is -2.26. The highest BCUT2D eigenvalue weighted by Gasteiger charge is 2.29. The van der Waals surface area contributed by atoms with Crippen LogP contribution in [-0.2, 0) is 6.54 Å². The van der Waals surface area contributed by atoms with Crippen molar-refractivity contribution in [2.75, 3.05) is 6.54 Å². The summed E-state index contributed by atoms with van der Waals surface area (Å²) >= 11 is 1.32. The van der Waals surface area contributed by atoms with Crippen LogP contribution in [0.3, 0.4) is 0 Å². The van der Waals surface area contributed by atoms with Gasteiger partial charge in [0.05, 0.1) is 0 Å². The van der Waals surface area contributed by atoms with Gasteiger partial charge in [-0.15, -0.1) is 11.3 Å². The molecule has 0 aromatic carbocycles. The van der Waals surface area contributed by atoms with Crippen LogP contribution in [0.1, 0.15) is 41.4 Å². The molecule has 1 saturated carbocycles. The standard InChI is InChI=1S/C12H17NO2S/c1-2-6-13(10-3-4-10)8-9-5-7-16-11(9)12(14)15/h5,7,10H,2-4,6,8H2,1H3,(H,14,15). The minimum Gasteiger partial charge on any atom is -0.477 e. The molecule has 1 aliphatic carbocycles. The van der Waals surface area contributed by atoms with Crippen LogP contribution in [-0.4, -0.2) is 28.6 Å². The number of carboxylic acids is 1. The Hall–Kier alpha value is -0.870. The summed E-state index contributed by atoms with van der Waals surface area (Å²) in [6.07, 6.45) is 3.67. The minimum absolute atomic E-state index is 0.502. The lowest BCUT2D eigenvalue weighted by atomic mass is 10.2. The molecule has 4 heteroatoms. The van der Waals surface area contributed by atoms with Gasteiger partial charge in [0, 0.05) is 12.6 Å². The molecule has 1 aromatic rings. The first-order valence-electron chi connectivity index (χ1n) is 5.76. The Balaban J connectivity index is 2.05. The third-order valence-electron chi connectivity index (χ3n) is 2.89. The van der Waals surface area contributed by atoms with Crippen LogP contribution in [0, 0.1) is 0 Å². The highest BCUT2D eigenvalue weighted by Crippen LogP contribution is 2.29. The van der Waals surface area contributed by atoms with Gasteiger partial charge in [-0.05, 0) is 42.8 Å². The van der Waals surface area contributed by atoms with E-state index in [9.17, 15) is 4.79 Å². The molecule has 1 aromatic heterocycles. The van der Waals surface area contributed by atoms with Crippen molar-refractivity contribution in [1.29, 1.82) is 0 Å². The van der Waals surface area contributed by atoms with Gasteiger partial charge in [-0.1, -0.05) is 6.92 Å². The molecule has 0 bridgehead atoms. The van der Waals surface area contributed by atoms with Crippen molar-refractivity contribution in [3.8, 4) is 0 Å². The Labute approximate surface area is 99.7 Å². The fourth-order valence-corrected chi connectivity index (χ4v) is 2.74. The predicted molar refractivity (Wildman–Crippen MR) is 65.0 cm³/mol. The number of carbonyl (C=O) groups is 1. The molecule has 0 spiro atoms. The third-order valence-corrected chi connectivity index (χ3v) is 3.83. The van der Waals surface area contributed by atoms with E-state index in [2.05, 4.69) is 11.8 Å². The van der Waals surface area contributed by atoms with Crippen LogP contribution in [0.25, 0.3) is 0 Å². The molecule has 1 fully saturated rings. The van der Waals surface area contributed by atoms with Crippen LogP contribution in [0.5, 0.6) is 0 Å². The summed E-state index contributed by atoms with van der Waals surface area (Å²) in [5.74, 6) is -0.794. The van der Waals surface area contributed by atoms with Gasteiger partial charge in [-0.2, -0.15) is 0 Å². The van der Waals surface area contributed by atoms with Crippen molar-refractivity contribution in [3.05, 3.63) is 21.9 Å². The normalized spacial score (nSPS) is 15.6. The van der Waals surface area contributed by atoms with Crippen LogP contribution in [0.4, 0.5) is 0 Å². The molecule has 16 heavy (non-hydrogen) atoms. The molecule has 0 aliphatic heterocycles. The summed E-state index contributed by atoms with van der Waals surface area (Å²) in [5.41, 5.74) is 0.970. The second kappa shape index (κ2) is 4.97. The SMILES string of the molecule is CCCN(Cc1ccsc1C(=O)O)C1CC1. The van der Waals surface area contributed by atoms with E-state index < -0.39 is 5.97 Å². The Morgan fingerprint density at radius 2 is 2.38 bits per heavy atom. The minimum atomic E-state index is -0.794. The van der Waals surface area contributed by atoms with Gasteiger partial charge >= 0.3 is 5.97 Å². The first-order chi connectivity index (χ1) is 7.72. The maximum Gasteiger partial charge on any atom is 0.346 e. The fourth-order valence-electron chi connectivity index (χ4n) is 1.98. The molecule has 1 aliphatic rings. The first kappa shape index (κ1) is 11.6. The number of hydrogen-bond donors (Lipinski definition) is 1. The predicted octanol–water partition coefficient (Wildman–Crippen LogP) is 2.82. The maximum atomic E-state index is 11.0. The summed E-state index contributed by atoms with van der Waals surface area (Å²) in [5, 5.41) is 10.9. The third kappa shape index (κ3) is 2.62. The molecule has 3 nitrogen and oxygen atoms in total. The van der Waals surface area contributed by atoms with E-state index in [1.807, 2.05) is 11.4 Å². The van der Waals surface area contributed by atoms with Crippen LogP contribution >= 0.6 is 11.3 Å². The number of carboxylic acid groups (broad SMARTS) is 1. The second-order valence-corrected chi connectivity index (χ2v) is 5.20. The zero-order chi connectivity index (χ0) is 11.5. The summed E-state index contributed by atoms with van der Waals surface area (Å²) in [6.45, 7) is 4.03. The number of thiophene rings is 1. The Kier molecular flexibility index (Phi) is 3.61. The molecular formula is C12H17NO2S. The maximum absolute atomic E-state index is 11.0. The van der Waals surface area contributed by atoms with Crippen molar-refractivity contribution in [1.82, 2.24) is 4.90 Å². The van der Waals surface area contributed by atoms with Gasteiger partial charge in [0.15, 0.2) is 0 Å². The first-order valence-corrected chi connectivity index (χ1v) is 6.64. The van der Waals surface area contributed by atoms with Crippen molar-refractivity contribution in [3.63, 3.8) is 0 Å². The van der Waals surface area contributed by atoms with Crippen molar-refractivity contribution < 1.29 is 9.90 Å². The molecule has 0 radical (unpaired) electrons. The zero-order valence-electron chi connectivity index (χ0n) is 9.48. The lowest BCUT2D eigenvalue weighted by Gasteiger charge is -2.20. The molecular weight excluding hydrogens is 222 g/mol. The van der Waals surface area contributed by atoms with Crippen molar-refractivity contribution in [2.24, 2.45) is 0 Å². The Morgan fingerprint density at radius 3 is 2.94 bits per heavy atom. The zero-order valence-corrected chi connectivity index (χ0v) is 10.3. The summed E-state index contributed by atoms with van der Waals surface area (Å²) in [4.78, 5) is 13.9. The highest BCUT2D eigenvalue weighted by atomic mass is 32.1. The largest absolute Gasteiger partial charge is 0.477 e. The second-order valence-electron chi connectivity index (χ2n) is 4.28. The topological polar surface area (TPSA) is 40.5 Å². The summed E-state index contributed by atoms with van der Waals surface area (Å²) in [7, 11) is 0.